The van der Waals surface area contributed by atoms with Crippen LogP contribution < -0.4 is 0 Å². The summed E-state index contributed by atoms with van der Waals surface area (Å²) in [6.45, 7) is 0. The minimum Gasteiger partial charge on any atom is -0.480 e. The van der Waals surface area contributed by atoms with E-state index in [1.54, 1.807) is 6.07 Å². The van der Waals surface area contributed by atoms with Crippen molar-refractivity contribution in [1.82, 2.24) is 0 Å². The van der Waals surface area contributed by atoms with Crippen LogP contribution in [0.4, 0.5) is 5.69 Å². The molecule has 0 amide bonds. The molecule has 1 rings (SSSR count). The molecule has 5 nitrogen and oxygen atoms in total. The molecule has 15 heavy (non-hydrogen) atoms. The fourth-order valence-corrected chi connectivity index (χ4v) is 1.31. The van der Waals surface area contributed by atoms with E-state index in [0.717, 1.165) is 0 Å². The van der Waals surface area contributed by atoms with Crippen LogP contribution in [-0.4, -0.2) is 21.4 Å². The van der Waals surface area contributed by atoms with Gasteiger partial charge in [-0.05, 0) is 0 Å². The van der Waals surface area contributed by atoms with Crippen LogP contribution in [0.5, 0.6) is 0 Å². The van der Waals surface area contributed by atoms with E-state index in [1.807, 2.05) is 0 Å². The highest BCUT2D eigenvalue weighted by molar-refractivity contribution is 6.29. The van der Waals surface area contributed by atoms with Gasteiger partial charge in [0.2, 0.25) is 0 Å². The van der Waals surface area contributed by atoms with Crippen LogP contribution in [0.1, 0.15) is 5.56 Å². The van der Waals surface area contributed by atoms with Gasteiger partial charge in [0.05, 0.1) is 4.92 Å². The number of hydrogen-bond acceptors (Lipinski definition) is 3. The van der Waals surface area contributed by atoms with Gasteiger partial charge in [-0.2, -0.15) is 0 Å². The maximum Gasteiger partial charge on any atom is 0.321 e. The number of aliphatic carboxylic acids is 1. The average Bonchev–Trinajstić information content (AvgIpc) is 2.18. The van der Waals surface area contributed by atoms with E-state index in [4.69, 9.17) is 16.7 Å². The minimum atomic E-state index is -1.19. The van der Waals surface area contributed by atoms with Gasteiger partial charge in [0.1, 0.15) is 5.38 Å². The highest BCUT2D eigenvalue weighted by Crippen LogP contribution is 2.20. The summed E-state index contributed by atoms with van der Waals surface area (Å²) in [7, 11) is 0. The standard InChI is InChI=1S/C9H8ClNO4/c10-7(9(12)13)5-6-3-1-2-4-8(6)11(14)15/h1-4,7H,5H2,(H,12,13)/t7-/m0/s1. The highest BCUT2D eigenvalue weighted by Gasteiger charge is 2.20. The van der Waals surface area contributed by atoms with E-state index in [9.17, 15) is 14.9 Å². The van der Waals surface area contributed by atoms with Crippen molar-refractivity contribution in [2.75, 3.05) is 0 Å². The number of carboxylic acid groups (broad SMARTS) is 1. The third-order valence-electron chi connectivity index (χ3n) is 1.86. The molecule has 1 atom stereocenters. The molecule has 0 aromatic heterocycles. The lowest BCUT2D eigenvalue weighted by molar-refractivity contribution is -0.385. The lowest BCUT2D eigenvalue weighted by atomic mass is 10.1. The van der Waals surface area contributed by atoms with Crippen molar-refractivity contribution < 1.29 is 14.8 Å². The Bertz CT molecular complexity index is 393. The number of nitro benzene ring substituents is 1. The lowest BCUT2D eigenvalue weighted by Gasteiger charge is -2.04. The summed E-state index contributed by atoms with van der Waals surface area (Å²) in [5, 5.41) is 18.0. The second-order valence-corrected chi connectivity index (χ2v) is 3.42. The Morgan fingerprint density at radius 2 is 2.13 bits per heavy atom. The van der Waals surface area contributed by atoms with Crippen molar-refractivity contribution in [2.45, 2.75) is 11.8 Å². The Morgan fingerprint density at radius 3 is 2.67 bits per heavy atom. The number of nitro groups is 1. The Hall–Kier alpha value is -1.62. The van der Waals surface area contributed by atoms with Gasteiger partial charge in [-0.1, -0.05) is 18.2 Å². The van der Waals surface area contributed by atoms with Gasteiger partial charge in [-0.3, -0.25) is 14.9 Å². The minimum absolute atomic E-state index is 0.0615. The highest BCUT2D eigenvalue weighted by atomic mass is 35.5. The molecule has 0 bridgehead atoms. The van der Waals surface area contributed by atoms with E-state index in [2.05, 4.69) is 0 Å². The summed E-state index contributed by atoms with van der Waals surface area (Å²) < 4.78 is 0. The number of carboxylic acids is 1. The molecule has 0 aliphatic heterocycles. The molecule has 0 saturated carbocycles. The van der Waals surface area contributed by atoms with Crippen molar-refractivity contribution >= 4 is 23.3 Å². The molecule has 0 radical (unpaired) electrons. The molecule has 80 valence electrons. The molecule has 6 heteroatoms. The average molecular weight is 230 g/mol. The number of carbonyl (C=O) groups is 1. The number of benzene rings is 1. The first-order valence-electron chi connectivity index (χ1n) is 4.11. The Morgan fingerprint density at radius 1 is 1.53 bits per heavy atom. The molecule has 0 fully saturated rings. The first kappa shape index (κ1) is 11.5. The van der Waals surface area contributed by atoms with Crippen LogP contribution in [0.25, 0.3) is 0 Å². The maximum atomic E-state index is 10.6. The van der Waals surface area contributed by atoms with Crippen LogP contribution >= 0.6 is 11.6 Å². The summed E-state index contributed by atoms with van der Waals surface area (Å²) in [5.74, 6) is -1.19. The van der Waals surface area contributed by atoms with Crippen LogP contribution in [0.3, 0.4) is 0 Å². The molecule has 0 heterocycles. The van der Waals surface area contributed by atoms with Crippen molar-refractivity contribution in [2.24, 2.45) is 0 Å². The van der Waals surface area contributed by atoms with E-state index in [1.165, 1.54) is 18.2 Å². The lowest BCUT2D eigenvalue weighted by Crippen LogP contribution is -2.16. The van der Waals surface area contributed by atoms with E-state index >= 15 is 0 Å². The van der Waals surface area contributed by atoms with Crippen LogP contribution in [-0.2, 0) is 11.2 Å². The summed E-state index contributed by atoms with van der Waals surface area (Å²) >= 11 is 5.50. The van der Waals surface area contributed by atoms with Gasteiger partial charge in [-0.15, -0.1) is 11.6 Å². The number of alkyl halides is 1. The van der Waals surface area contributed by atoms with Crippen LogP contribution in [0.15, 0.2) is 24.3 Å². The molecule has 1 N–H and O–H groups in total. The van der Waals surface area contributed by atoms with Crippen molar-refractivity contribution in [3.63, 3.8) is 0 Å². The van der Waals surface area contributed by atoms with E-state index < -0.39 is 16.3 Å². The topological polar surface area (TPSA) is 80.4 Å². The molecule has 0 aliphatic rings. The zero-order chi connectivity index (χ0) is 11.4. The Balaban J connectivity index is 2.94. The predicted octanol–water partition coefficient (Wildman–Crippen LogP) is 1.83. The normalized spacial score (nSPS) is 12.1. The zero-order valence-corrected chi connectivity index (χ0v) is 8.35. The molecular weight excluding hydrogens is 222 g/mol. The van der Waals surface area contributed by atoms with Gasteiger partial charge in [0.25, 0.3) is 5.69 Å². The summed E-state index contributed by atoms with van der Waals surface area (Å²) in [5.41, 5.74) is 0.217. The monoisotopic (exact) mass is 229 g/mol. The summed E-state index contributed by atoms with van der Waals surface area (Å²) in [4.78, 5) is 20.5. The van der Waals surface area contributed by atoms with Gasteiger partial charge >= 0.3 is 5.97 Å². The second-order valence-electron chi connectivity index (χ2n) is 2.90. The SMILES string of the molecule is O=C(O)[C@@H](Cl)Cc1ccccc1[N+](=O)[O-]. The van der Waals surface area contributed by atoms with Crippen molar-refractivity contribution in [3.8, 4) is 0 Å². The third-order valence-corrected chi connectivity index (χ3v) is 2.20. The van der Waals surface area contributed by atoms with E-state index in [0.29, 0.717) is 5.56 Å². The number of nitrogens with zero attached hydrogens (tertiary/aromatic N) is 1. The smallest absolute Gasteiger partial charge is 0.321 e. The first-order valence-corrected chi connectivity index (χ1v) is 4.55. The number of hydrogen-bond donors (Lipinski definition) is 1. The number of para-hydroxylation sites is 1. The van der Waals surface area contributed by atoms with Crippen molar-refractivity contribution in [3.05, 3.63) is 39.9 Å². The van der Waals surface area contributed by atoms with Gasteiger partial charge in [0.15, 0.2) is 0 Å². The number of halogens is 1. The molecule has 0 spiro atoms. The largest absolute Gasteiger partial charge is 0.480 e. The molecular formula is C9H8ClNO4. The fourth-order valence-electron chi connectivity index (χ4n) is 1.14. The predicted molar refractivity (Wildman–Crippen MR) is 54.1 cm³/mol. The Kier molecular flexibility index (Phi) is 3.62. The van der Waals surface area contributed by atoms with Crippen LogP contribution in [0.2, 0.25) is 0 Å². The molecule has 0 aliphatic carbocycles. The zero-order valence-electron chi connectivity index (χ0n) is 7.59. The summed E-state index contributed by atoms with van der Waals surface area (Å²) in [6, 6.07) is 5.94. The molecule has 0 saturated heterocycles. The molecule has 1 aromatic carbocycles. The molecule has 0 unspecified atom stereocenters. The molecule has 1 aromatic rings. The van der Waals surface area contributed by atoms with Gasteiger partial charge < -0.3 is 5.11 Å². The Labute approximate surface area is 90.4 Å². The second kappa shape index (κ2) is 4.75. The summed E-state index contributed by atoms with van der Waals surface area (Å²) in [6.07, 6.45) is -0.0615. The first-order chi connectivity index (χ1) is 7.02. The van der Waals surface area contributed by atoms with Crippen molar-refractivity contribution in [1.29, 1.82) is 0 Å². The fraction of sp³-hybridized carbons (Fsp3) is 0.222. The van der Waals surface area contributed by atoms with E-state index in [-0.39, 0.29) is 12.1 Å². The quantitative estimate of drug-likeness (QED) is 0.485. The van der Waals surface area contributed by atoms with Gasteiger partial charge in [-0.25, -0.2) is 0 Å². The maximum absolute atomic E-state index is 10.6. The van der Waals surface area contributed by atoms with Crippen LogP contribution in [0, 0.1) is 10.1 Å². The van der Waals surface area contributed by atoms with Gasteiger partial charge in [0, 0.05) is 18.1 Å². The number of rotatable bonds is 4. The third kappa shape index (κ3) is 2.92.